The summed E-state index contributed by atoms with van der Waals surface area (Å²) in [5, 5.41) is 8.66. The molecule has 0 amide bonds. The molecule has 2 rings (SSSR count). The van der Waals surface area contributed by atoms with Crippen LogP contribution in [0, 0.1) is 6.92 Å². The SMILES string of the molecule is CCCNCc1scc(C)c1S(=O)(=O)NCc1ccno1. The van der Waals surface area contributed by atoms with Gasteiger partial charge in [0, 0.05) is 17.5 Å². The van der Waals surface area contributed by atoms with Crippen LogP contribution in [0.2, 0.25) is 0 Å². The Balaban J connectivity index is 2.13. The molecule has 0 aromatic carbocycles. The topological polar surface area (TPSA) is 84.2 Å². The predicted octanol–water partition coefficient (Wildman–Crippen LogP) is 2.02. The molecule has 0 fully saturated rings. The molecule has 21 heavy (non-hydrogen) atoms. The number of nitrogens with one attached hydrogen (secondary N) is 2. The van der Waals surface area contributed by atoms with Crippen molar-refractivity contribution < 1.29 is 12.9 Å². The molecule has 2 aromatic rings. The Kier molecular flexibility index (Phi) is 5.51. The molecule has 0 bridgehead atoms. The van der Waals surface area contributed by atoms with Gasteiger partial charge in [0.15, 0.2) is 5.76 Å². The number of sulfonamides is 1. The van der Waals surface area contributed by atoms with Crippen molar-refractivity contribution in [2.24, 2.45) is 0 Å². The average molecular weight is 329 g/mol. The zero-order chi connectivity index (χ0) is 15.3. The second kappa shape index (κ2) is 7.17. The Morgan fingerprint density at radius 1 is 1.38 bits per heavy atom. The van der Waals surface area contributed by atoms with Crippen LogP contribution >= 0.6 is 11.3 Å². The quantitative estimate of drug-likeness (QED) is 0.724. The first-order chi connectivity index (χ1) is 10.0. The lowest BCUT2D eigenvalue weighted by molar-refractivity contribution is 0.380. The largest absolute Gasteiger partial charge is 0.360 e. The van der Waals surface area contributed by atoms with Crippen LogP contribution in [-0.2, 0) is 23.1 Å². The summed E-state index contributed by atoms with van der Waals surface area (Å²) in [6.07, 6.45) is 2.50. The van der Waals surface area contributed by atoms with Crippen LogP contribution in [0.1, 0.15) is 29.5 Å². The van der Waals surface area contributed by atoms with Crippen LogP contribution in [-0.4, -0.2) is 20.1 Å². The normalized spacial score (nSPS) is 11.9. The van der Waals surface area contributed by atoms with Crippen molar-refractivity contribution in [2.75, 3.05) is 6.54 Å². The van der Waals surface area contributed by atoms with Gasteiger partial charge < -0.3 is 9.84 Å². The molecular weight excluding hydrogens is 310 g/mol. The smallest absolute Gasteiger partial charge is 0.242 e. The van der Waals surface area contributed by atoms with E-state index in [0.717, 1.165) is 23.4 Å². The number of hydrogen-bond donors (Lipinski definition) is 2. The molecule has 116 valence electrons. The van der Waals surface area contributed by atoms with Crippen molar-refractivity contribution in [3.63, 3.8) is 0 Å². The Bertz CT molecular complexity index is 663. The average Bonchev–Trinajstić information content (AvgIpc) is 3.07. The fraction of sp³-hybridized carbons (Fsp3) is 0.462. The summed E-state index contributed by atoms with van der Waals surface area (Å²) >= 11 is 1.46. The van der Waals surface area contributed by atoms with E-state index < -0.39 is 10.0 Å². The lowest BCUT2D eigenvalue weighted by Crippen LogP contribution is -2.25. The molecule has 0 unspecified atom stereocenters. The molecule has 0 aliphatic heterocycles. The molecule has 0 aliphatic carbocycles. The van der Waals surface area contributed by atoms with Gasteiger partial charge in [-0.2, -0.15) is 0 Å². The maximum atomic E-state index is 12.5. The highest BCUT2D eigenvalue weighted by Gasteiger charge is 2.22. The van der Waals surface area contributed by atoms with Crippen LogP contribution in [0.3, 0.4) is 0 Å². The van der Waals surface area contributed by atoms with E-state index in [1.807, 2.05) is 12.3 Å². The number of nitrogens with zero attached hydrogens (tertiary/aromatic N) is 1. The molecule has 8 heteroatoms. The number of thiophene rings is 1. The molecule has 2 heterocycles. The summed E-state index contributed by atoms with van der Waals surface area (Å²) in [6.45, 7) is 5.40. The van der Waals surface area contributed by atoms with Crippen molar-refractivity contribution in [1.82, 2.24) is 15.2 Å². The lowest BCUT2D eigenvalue weighted by Gasteiger charge is -2.08. The van der Waals surface area contributed by atoms with E-state index in [2.05, 4.69) is 22.1 Å². The van der Waals surface area contributed by atoms with Crippen LogP contribution in [0.5, 0.6) is 0 Å². The van der Waals surface area contributed by atoms with Crippen LogP contribution < -0.4 is 10.0 Å². The van der Waals surface area contributed by atoms with Crippen molar-refractivity contribution >= 4 is 21.4 Å². The van der Waals surface area contributed by atoms with Gasteiger partial charge in [-0.3, -0.25) is 0 Å². The summed E-state index contributed by atoms with van der Waals surface area (Å²) < 4.78 is 32.4. The minimum Gasteiger partial charge on any atom is -0.360 e. The van der Waals surface area contributed by atoms with Gasteiger partial charge in [-0.15, -0.1) is 11.3 Å². The monoisotopic (exact) mass is 329 g/mol. The predicted molar refractivity (Wildman–Crippen MR) is 81.6 cm³/mol. The summed E-state index contributed by atoms with van der Waals surface area (Å²) in [5.74, 6) is 0.483. The van der Waals surface area contributed by atoms with Gasteiger partial charge in [-0.1, -0.05) is 12.1 Å². The molecule has 0 spiro atoms. The minimum absolute atomic E-state index is 0.0967. The van der Waals surface area contributed by atoms with E-state index >= 15 is 0 Å². The summed E-state index contributed by atoms with van der Waals surface area (Å²) in [4.78, 5) is 1.20. The van der Waals surface area contributed by atoms with Gasteiger partial charge in [0.2, 0.25) is 10.0 Å². The molecule has 0 radical (unpaired) electrons. The first kappa shape index (κ1) is 16.2. The summed E-state index contributed by atoms with van der Waals surface area (Å²) in [6, 6.07) is 1.63. The number of rotatable bonds is 8. The standard InChI is InChI=1S/C13H19N3O3S2/c1-3-5-14-8-12-13(10(2)9-20-12)21(17,18)16-7-11-4-6-15-19-11/h4,6,9,14,16H,3,5,7-8H2,1-2H3. The van der Waals surface area contributed by atoms with E-state index in [4.69, 9.17) is 4.52 Å². The number of hydrogen-bond acceptors (Lipinski definition) is 6. The first-order valence-corrected chi connectivity index (χ1v) is 9.07. The zero-order valence-corrected chi connectivity index (χ0v) is 13.7. The third-order valence-electron chi connectivity index (χ3n) is 2.90. The number of aromatic nitrogens is 1. The molecule has 0 saturated carbocycles. The molecule has 6 nitrogen and oxygen atoms in total. The van der Waals surface area contributed by atoms with Gasteiger partial charge in [0.05, 0.1) is 12.7 Å². The van der Waals surface area contributed by atoms with Crippen LogP contribution in [0.4, 0.5) is 0 Å². The highest BCUT2D eigenvalue weighted by atomic mass is 32.2. The molecule has 2 N–H and O–H groups in total. The Morgan fingerprint density at radius 3 is 2.86 bits per heavy atom. The Morgan fingerprint density at radius 2 is 2.19 bits per heavy atom. The van der Waals surface area contributed by atoms with Gasteiger partial charge in [-0.25, -0.2) is 13.1 Å². The molecular formula is C13H19N3O3S2. The van der Waals surface area contributed by atoms with E-state index in [1.165, 1.54) is 17.5 Å². The van der Waals surface area contributed by atoms with E-state index in [9.17, 15) is 8.42 Å². The van der Waals surface area contributed by atoms with E-state index in [-0.39, 0.29) is 6.54 Å². The maximum absolute atomic E-state index is 12.5. The van der Waals surface area contributed by atoms with Crippen LogP contribution in [0.15, 0.2) is 27.1 Å². The van der Waals surface area contributed by atoms with Crippen molar-refractivity contribution in [1.29, 1.82) is 0 Å². The van der Waals surface area contributed by atoms with Crippen molar-refractivity contribution in [3.05, 3.63) is 33.8 Å². The zero-order valence-electron chi connectivity index (χ0n) is 12.0. The minimum atomic E-state index is -3.56. The molecule has 0 saturated heterocycles. The highest BCUT2D eigenvalue weighted by molar-refractivity contribution is 7.89. The van der Waals surface area contributed by atoms with Crippen molar-refractivity contribution in [2.45, 2.75) is 38.3 Å². The second-order valence-corrected chi connectivity index (χ2v) is 7.32. The third kappa shape index (κ3) is 4.13. The maximum Gasteiger partial charge on any atom is 0.242 e. The third-order valence-corrected chi connectivity index (χ3v) is 5.76. The molecule has 0 aliphatic rings. The van der Waals surface area contributed by atoms with E-state index in [1.54, 1.807) is 6.07 Å². The summed E-state index contributed by atoms with van der Waals surface area (Å²) in [5.41, 5.74) is 0.762. The van der Waals surface area contributed by atoms with Gasteiger partial charge >= 0.3 is 0 Å². The number of aryl methyl sites for hydroxylation is 1. The Hall–Kier alpha value is -1.22. The molecule has 0 atom stereocenters. The first-order valence-electron chi connectivity index (χ1n) is 6.71. The Labute approximate surface area is 128 Å². The lowest BCUT2D eigenvalue weighted by atomic mass is 10.3. The molecule has 2 aromatic heterocycles. The van der Waals surface area contributed by atoms with E-state index in [0.29, 0.717) is 17.2 Å². The fourth-order valence-corrected chi connectivity index (χ4v) is 4.69. The summed E-state index contributed by atoms with van der Waals surface area (Å²) in [7, 11) is -3.56. The fourth-order valence-electron chi connectivity index (χ4n) is 1.92. The van der Waals surface area contributed by atoms with Crippen LogP contribution in [0.25, 0.3) is 0 Å². The van der Waals surface area contributed by atoms with Gasteiger partial charge in [0.25, 0.3) is 0 Å². The highest BCUT2D eigenvalue weighted by Crippen LogP contribution is 2.26. The second-order valence-electron chi connectivity index (χ2n) is 4.65. The van der Waals surface area contributed by atoms with Gasteiger partial charge in [0.1, 0.15) is 4.90 Å². The van der Waals surface area contributed by atoms with Crippen molar-refractivity contribution in [3.8, 4) is 0 Å². The van der Waals surface area contributed by atoms with Gasteiger partial charge in [-0.05, 0) is 30.8 Å².